The third-order valence-electron chi connectivity index (χ3n) is 0.640. The summed E-state index contributed by atoms with van der Waals surface area (Å²) < 4.78 is 4.73. The van der Waals surface area contributed by atoms with Crippen molar-refractivity contribution in [3.63, 3.8) is 0 Å². The molecule has 0 saturated heterocycles. The molecular weight excluding hydrogens is 192 g/mol. The summed E-state index contributed by atoms with van der Waals surface area (Å²) in [5.41, 5.74) is 0. The lowest BCUT2D eigenvalue weighted by molar-refractivity contribution is 0.102. The van der Waals surface area contributed by atoms with E-state index in [-0.39, 0.29) is 33.0 Å². The zero-order valence-electron chi connectivity index (χ0n) is 8.59. The first-order valence-electron chi connectivity index (χ1n) is 4.37. The first-order chi connectivity index (χ1) is 6.74. The Kier molecular flexibility index (Phi) is 40.5. The molecule has 0 saturated carbocycles. The van der Waals surface area contributed by atoms with Crippen molar-refractivity contribution in [2.75, 3.05) is 46.2 Å². The van der Waals surface area contributed by atoms with Crippen LogP contribution < -0.4 is 0 Å². The number of rotatable bonds is 5. The minimum Gasteiger partial charge on any atom is -0.394 e. The van der Waals surface area contributed by atoms with E-state index in [4.69, 9.17) is 30.3 Å². The van der Waals surface area contributed by atoms with Gasteiger partial charge < -0.3 is 30.3 Å². The summed E-state index contributed by atoms with van der Waals surface area (Å²) in [5.74, 6) is 0. The Morgan fingerprint density at radius 1 is 0.714 bits per heavy atom. The summed E-state index contributed by atoms with van der Waals surface area (Å²) in [6, 6.07) is 0. The van der Waals surface area contributed by atoms with Crippen molar-refractivity contribution < 1.29 is 30.3 Å². The largest absolute Gasteiger partial charge is 0.394 e. The summed E-state index contributed by atoms with van der Waals surface area (Å²) in [6.45, 7) is 2.70. The van der Waals surface area contributed by atoms with Gasteiger partial charge in [0, 0.05) is 6.61 Å². The van der Waals surface area contributed by atoms with Crippen molar-refractivity contribution in [1.29, 1.82) is 0 Å². The summed E-state index contributed by atoms with van der Waals surface area (Å²) in [6.07, 6.45) is 0. The fourth-order valence-corrected chi connectivity index (χ4v) is 0.209. The van der Waals surface area contributed by atoms with Crippen molar-refractivity contribution in [3.05, 3.63) is 0 Å². The molecule has 0 aliphatic carbocycles. The van der Waals surface area contributed by atoms with Gasteiger partial charge in [-0.1, -0.05) is 0 Å². The molecule has 0 heterocycles. The second-order valence-corrected chi connectivity index (χ2v) is 1.81. The first kappa shape index (κ1) is 19.4. The molecule has 6 heteroatoms. The summed E-state index contributed by atoms with van der Waals surface area (Å²) in [4.78, 5) is 0. The SMILES string of the molecule is CCOCCO.OCCO.OCCO. The Balaban J connectivity index is -0.000000135. The molecule has 0 amide bonds. The molecule has 0 fully saturated rings. The van der Waals surface area contributed by atoms with Crippen LogP contribution in [0.3, 0.4) is 0 Å². The first-order valence-corrected chi connectivity index (χ1v) is 4.37. The van der Waals surface area contributed by atoms with Crippen LogP contribution >= 0.6 is 0 Å². The van der Waals surface area contributed by atoms with Gasteiger partial charge in [0.25, 0.3) is 0 Å². The highest BCUT2D eigenvalue weighted by molar-refractivity contribution is 4.18. The van der Waals surface area contributed by atoms with Crippen molar-refractivity contribution in [1.82, 2.24) is 0 Å². The molecule has 0 aliphatic rings. The number of aliphatic hydroxyl groups excluding tert-OH is 5. The molecule has 0 aromatic carbocycles. The van der Waals surface area contributed by atoms with Gasteiger partial charge in [-0.2, -0.15) is 0 Å². The minimum absolute atomic E-state index is 0.125. The van der Waals surface area contributed by atoms with Crippen LogP contribution in [0.25, 0.3) is 0 Å². The van der Waals surface area contributed by atoms with Gasteiger partial charge >= 0.3 is 0 Å². The van der Waals surface area contributed by atoms with Crippen LogP contribution in [0.4, 0.5) is 0 Å². The van der Waals surface area contributed by atoms with Gasteiger partial charge in [0.15, 0.2) is 0 Å². The Hall–Kier alpha value is -0.240. The molecular formula is C8H22O6. The lowest BCUT2D eigenvalue weighted by Gasteiger charge is -1.91. The monoisotopic (exact) mass is 214 g/mol. The lowest BCUT2D eigenvalue weighted by atomic mass is 10.8. The van der Waals surface area contributed by atoms with E-state index in [0.717, 1.165) is 0 Å². The summed E-state index contributed by atoms with van der Waals surface area (Å²) >= 11 is 0. The van der Waals surface area contributed by atoms with Crippen LogP contribution in [-0.2, 0) is 4.74 Å². The van der Waals surface area contributed by atoms with E-state index in [1.165, 1.54) is 0 Å². The molecule has 0 spiro atoms. The fraction of sp³-hybridized carbons (Fsp3) is 1.00. The standard InChI is InChI=1S/C4H10O2.2C2H6O2/c1-2-6-4-3-5;2*3-1-2-4/h5H,2-4H2,1H3;2*3-4H,1-2H2. The van der Waals surface area contributed by atoms with E-state index in [1.54, 1.807) is 0 Å². The van der Waals surface area contributed by atoms with Gasteiger partial charge in [-0.15, -0.1) is 0 Å². The van der Waals surface area contributed by atoms with E-state index in [0.29, 0.717) is 13.2 Å². The normalized spacial score (nSPS) is 8.14. The zero-order chi connectivity index (χ0) is 11.7. The molecule has 0 aliphatic heterocycles. The molecule has 90 valence electrons. The average molecular weight is 214 g/mol. The number of hydrogen-bond donors (Lipinski definition) is 5. The Labute approximate surface area is 84.4 Å². The van der Waals surface area contributed by atoms with Crippen molar-refractivity contribution in [3.8, 4) is 0 Å². The van der Waals surface area contributed by atoms with Gasteiger partial charge in [-0.05, 0) is 6.92 Å². The van der Waals surface area contributed by atoms with Crippen LogP contribution in [0.2, 0.25) is 0 Å². The molecule has 0 radical (unpaired) electrons. The van der Waals surface area contributed by atoms with E-state index in [2.05, 4.69) is 0 Å². The fourth-order valence-electron chi connectivity index (χ4n) is 0.209. The van der Waals surface area contributed by atoms with Gasteiger partial charge in [-0.25, -0.2) is 0 Å². The van der Waals surface area contributed by atoms with Crippen LogP contribution in [0, 0.1) is 0 Å². The molecule has 6 nitrogen and oxygen atoms in total. The average Bonchev–Trinajstić information content (AvgIpc) is 2.27. The van der Waals surface area contributed by atoms with E-state index >= 15 is 0 Å². The summed E-state index contributed by atoms with van der Waals surface area (Å²) in [5, 5.41) is 38.6. The maximum atomic E-state index is 8.07. The Morgan fingerprint density at radius 3 is 1.14 bits per heavy atom. The third kappa shape index (κ3) is 60.1. The van der Waals surface area contributed by atoms with Crippen molar-refractivity contribution in [2.45, 2.75) is 6.92 Å². The van der Waals surface area contributed by atoms with Crippen LogP contribution in [-0.4, -0.2) is 71.8 Å². The number of aliphatic hydroxyl groups is 5. The van der Waals surface area contributed by atoms with E-state index in [9.17, 15) is 0 Å². The van der Waals surface area contributed by atoms with E-state index < -0.39 is 0 Å². The second kappa shape index (κ2) is 29.3. The van der Waals surface area contributed by atoms with Crippen LogP contribution in [0.5, 0.6) is 0 Å². The Morgan fingerprint density at radius 2 is 1.07 bits per heavy atom. The van der Waals surface area contributed by atoms with Crippen LogP contribution in [0.15, 0.2) is 0 Å². The predicted molar refractivity (Wildman–Crippen MR) is 51.9 cm³/mol. The highest BCUT2D eigenvalue weighted by Gasteiger charge is 1.73. The molecule has 0 unspecified atom stereocenters. The van der Waals surface area contributed by atoms with Gasteiger partial charge in [0.05, 0.1) is 39.6 Å². The van der Waals surface area contributed by atoms with E-state index in [1.807, 2.05) is 6.92 Å². The quantitative estimate of drug-likeness (QED) is 0.337. The number of ether oxygens (including phenoxy) is 1. The maximum absolute atomic E-state index is 8.07. The predicted octanol–water partition coefficient (Wildman–Crippen LogP) is -2.04. The van der Waals surface area contributed by atoms with Gasteiger partial charge in [-0.3, -0.25) is 0 Å². The lowest BCUT2D eigenvalue weighted by Crippen LogP contribution is -1.96. The summed E-state index contributed by atoms with van der Waals surface area (Å²) in [7, 11) is 0. The smallest absolute Gasteiger partial charge is 0.0697 e. The third-order valence-corrected chi connectivity index (χ3v) is 0.640. The molecule has 14 heavy (non-hydrogen) atoms. The topological polar surface area (TPSA) is 110 Å². The number of hydrogen-bond acceptors (Lipinski definition) is 6. The van der Waals surface area contributed by atoms with Gasteiger partial charge in [0.1, 0.15) is 0 Å². The molecule has 0 aromatic heterocycles. The molecule has 0 bridgehead atoms. The molecule has 5 N–H and O–H groups in total. The molecule has 0 rings (SSSR count). The highest BCUT2D eigenvalue weighted by Crippen LogP contribution is 1.66. The minimum atomic E-state index is -0.125. The van der Waals surface area contributed by atoms with Crippen molar-refractivity contribution in [2.24, 2.45) is 0 Å². The Bertz CT molecular complexity index is 49.8. The maximum Gasteiger partial charge on any atom is 0.0697 e. The highest BCUT2D eigenvalue weighted by atomic mass is 16.5. The van der Waals surface area contributed by atoms with Crippen LogP contribution in [0.1, 0.15) is 6.92 Å². The van der Waals surface area contributed by atoms with Crippen molar-refractivity contribution >= 4 is 0 Å². The molecule has 0 atom stereocenters. The zero-order valence-corrected chi connectivity index (χ0v) is 8.59. The molecule has 0 aromatic rings. The van der Waals surface area contributed by atoms with Gasteiger partial charge in [0.2, 0.25) is 0 Å². The second-order valence-electron chi connectivity index (χ2n) is 1.81.